The smallest absolute Gasteiger partial charge is 0.323 e. The van der Waals surface area contributed by atoms with Gasteiger partial charge in [-0.3, -0.25) is 4.79 Å². The van der Waals surface area contributed by atoms with Crippen LogP contribution < -0.4 is 0 Å². The molecule has 1 fully saturated rings. The van der Waals surface area contributed by atoms with Gasteiger partial charge in [-0.25, -0.2) is 4.89 Å². The van der Waals surface area contributed by atoms with Gasteiger partial charge in [-0.15, -0.1) is 10.1 Å². The van der Waals surface area contributed by atoms with Crippen molar-refractivity contribution >= 4 is 5.97 Å². The van der Waals surface area contributed by atoms with Gasteiger partial charge in [0.05, 0.1) is 5.60 Å². The van der Waals surface area contributed by atoms with Crippen LogP contribution in [0.25, 0.3) is 0 Å². The molecule has 1 aliphatic rings. The normalized spacial score (nSPS) is 23.3. The highest BCUT2D eigenvalue weighted by Gasteiger charge is 2.33. The van der Waals surface area contributed by atoms with E-state index in [0.29, 0.717) is 13.0 Å². The number of nitrogens with zero attached hydrogens (tertiary/aromatic N) is 1. The Morgan fingerprint density at radius 3 is 2.80 bits per heavy atom. The molecule has 0 aromatic rings. The minimum absolute atomic E-state index is 0.383. The van der Waals surface area contributed by atoms with Crippen molar-refractivity contribution in [3.05, 3.63) is 0 Å². The lowest BCUT2D eigenvalue weighted by Crippen LogP contribution is -2.38. The summed E-state index contributed by atoms with van der Waals surface area (Å²) in [6, 6.07) is -0.572. The molecule has 0 aromatic carbocycles. The summed E-state index contributed by atoms with van der Waals surface area (Å²) in [5.74, 6) is -0.856. The van der Waals surface area contributed by atoms with Crippen LogP contribution in [0.5, 0.6) is 0 Å². The molecule has 0 bridgehead atoms. The van der Waals surface area contributed by atoms with Crippen LogP contribution in [-0.2, 0) is 14.7 Å². The van der Waals surface area contributed by atoms with E-state index >= 15 is 0 Å². The van der Waals surface area contributed by atoms with Gasteiger partial charge in [-0.1, -0.05) is 6.92 Å². The first kappa shape index (κ1) is 12.4. The summed E-state index contributed by atoms with van der Waals surface area (Å²) in [5.41, 5.74) is -0.383. The Morgan fingerprint density at radius 2 is 2.27 bits per heavy atom. The highest BCUT2D eigenvalue weighted by Crippen LogP contribution is 2.21. The topological polar surface area (TPSA) is 59.0 Å². The number of aliphatic carboxylic acids is 1. The summed E-state index contributed by atoms with van der Waals surface area (Å²) in [4.78, 5) is 21.1. The molecule has 88 valence electrons. The van der Waals surface area contributed by atoms with Crippen LogP contribution in [-0.4, -0.2) is 34.3 Å². The van der Waals surface area contributed by atoms with Gasteiger partial charge in [-0.2, -0.15) is 0 Å². The Kier molecular flexibility index (Phi) is 4.07. The molecule has 0 aliphatic carbocycles. The highest BCUT2D eigenvalue weighted by molar-refractivity contribution is 5.73. The van der Waals surface area contributed by atoms with Crippen molar-refractivity contribution in [2.45, 2.75) is 51.7 Å². The molecular formula is C10H19NO4. The molecule has 0 unspecified atom stereocenters. The molecular weight excluding hydrogens is 198 g/mol. The fourth-order valence-corrected chi connectivity index (χ4v) is 1.28. The van der Waals surface area contributed by atoms with E-state index in [9.17, 15) is 4.79 Å². The Bertz CT molecular complexity index is 229. The lowest BCUT2D eigenvalue weighted by atomic mass is 10.1. The molecule has 1 rings (SSSR count). The monoisotopic (exact) mass is 217 g/mol. The van der Waals surface area contributed by atoms with Crippen molar-refractivity contribution in [1.82, 2.24) is 5.06 Å². The summed E-state index contributed by atoms with van der Waals surface area (Å²) in [7, 11) is 0. The van der Waals surface area contributed by atoms with Crippen molar-refractivity contribution in [3.8, 4) is 0 Å². The van der Waals surface area contributed by atoms with Crippen molar-refractivity contribution in [2.24, 2.45) is 0 Å². The van der Waals surface area contributed by atoms with Gasteiger partial charge in [0.1, 0.15) is 6.04 Å². The third kappa shape index (κ3) is 3.44. The van der Waals surface area contributed by atoms with Gasteiger partial charge < -0.3 is 5.11 Å². The second-order valence-corrected chi connectivity index (χ2v) is 4.41. The summed E-state index contributed by atoms with van der Waals surface area (Å²) in [6.45, 7) is 6.40. The van der Waals surface area contributed by atoms with Crippen LogP contribution in [0.4, 0.5) is 0 Å². The molecule has 0 saturated carbocycles. The zero-order valence-corrected chi connectivity index (χ0v) is 9.52. The van der Waals surface area contributed by atoms with Gasteiger partial charge in [0.2, 0.25) is 0 Å². The quantitative estimate of drug-likeness (QED) is 0.559. The number of carbonyl (C=O) groups is 1. The molecule has 1 N–H and O–H groups in total. The van der Waals surface area contributed by atoms with Crippen LogP contribution >= 0.6 is 0 Å². The largest absolute Gasteiger partial charge is 0.480 e. The SMILES string of the molecule is CCC(C)(C)OON1CCC[C@H]1C(=O)O. The van der Waals surface area contributed by atoms with Crippen molar-refractivity contribution in [3.63, 3.8) is 0 Å². The zero-order chi connectivity index (χ0) is 11.5. The van der Waals surface area contributed by atoms with E-state index in [4.69, 9.17) is 15.0 Å². The Balaban J connectivity index is 2.41. The molecule has 0 spiro atoms. The number of carboxylic acids is 1. The van der Waals surface area contributed by atoms with Gasteiger partial charge in [0.15, 0.2) is 0 Å². The minimum atomic E-state index is -0.856. The number of hydrogen-bond donors (Lipinski definition) is 1. The first-order valence-electron chi connectivity index (χ1n) is 5.31. The van der Waals surface area contributed by atoms with Crippen molar-refractivity contribution < 1.29 is 19.8 Å². The molecule has 15 heavy (non-hydrogen) atoms. The fourth-order valence-electron chi connectivity index (χ4n) is 1.28. The fraction of sp³-hybridized carbons (Fsp3) is 0.900. The lowest BCUT2D eigenvalue weighted by Gasteiger charge is -2.26. The third-order valence-corrected chi connectivity index (χ3v) is 2.70. The molecule has 0 radical (unpaired) electrons. The molecule has 0 aromatic heterocycles. The molecule has 0 amide bonds. The second-order valence-electron chi connectivity index (χ2n) is 4.41. The molecule has 1 atom stereocenters. The van der Waals surface area contributed by atoms with Gasteiger partial charge >= 0.3 is 5.97 Å². The number of rotatable bonds is 5. The third-order valence-electron chi connectivity index (χ3n) is 2.70. The zero-order valence-electron chi connectivity index (χ0n) is 9.52. The van der Waals surface area contributed by atoms with Crippen LogP contribution in [0, 0.1) is 0 Å². The van der Waals surface area contributed by atoms with Crippen LogP contribution in [0.1, 0.15) is 40.0 Å². The maximum atomic E-state index is 10.8. The number of hydrogen-bond acceptors (Lipinski definition) is 4. The van der Waals surface area contributed by atoms with Crippen LogP contribution in [0.15, 0.2) is 0 Å². The molecule has 5 heteroatoms. The number of carboxylic acid groups (broad SMARTS) is 1. The predicted molar refractivity (Wildman–Crippen MR) is 53.9 cm³/mol. The molecule has 1 saturated heterocycles. The average molecular weight is 217 g/mol. The van der Waals surface area contributed by atoms with Crippen LogP contribution in [0.2, 0.25) is 0 Å². The van der Waals surface area contributed by atoms with E-state index in [1.807, 2.05) is 20.8 Å². The highest BCUT2D eigenvalue weighted by atomic mass is 17.3. The Morgan fingerprint density at radius 1 is 1.60 bits per heavy atom. The van der Waals surface area contributed by atoms with E-state index in [1.54, 1.807) is 0 Å². The van der Waals surface area contributed by atoms with Gasteiger partial charge in [-0.05, 0) is 33.1 Å². The van der Waals surface area contributed by atoms with E-state index in [2.05, 4.69) is 0 Å². The first-order chi connectivity index (χ1) is 6.96. The molecule has 1 heterocycles. The van der Waals surface area contributed by atoms with Crippen molar-refractivity contribution in [2.75, 3.05) is 6.54 Å². The standard InChI is InChI=1S/C10H19NO4/c1-4-10(2,3)14-15-11-7-5-6-8(11)9(12)13/h8H,4-7H2,1-3H3,(H,12,13)/t8-/m0/s1. The number of hydroxylamine groups is 2. The maximum absolute atomic E-state index is 10.8. The van der Waals surface area contributed by atoms with E-state index in [-0.39, 0.29) is 5.60 Å². The summed E-state index contributed by atoms with van der Waals surface area (Å²) in [6.07, 6.45) is 2.25. The van der Waals surface area contributed by atoms with Gasteiger partial charge in [0.25, 0.3) is 0 Å². The molecule has 1 aliphatic heterocycles. The van der Waals surface area contributed by atoms with Crippen molar-refractivity contribution in [1.29, 1.82) is 0 Å². The average Bonchev–Trinajstić information content (AvgIpc) is 2.63. The Labute approximate surface area is 89.8 Å². The maximum Gasteiger partial charge on any atom is 0.323 e. The van der Waals surface area contributed by atoms with E-state index in [0.717, 1.165) is 12.8 Å². The van der Waals surface area contributed by atoms with E-state index in [1.165, 1.54) is 5.06 Å². The van der Waals surface area contributed by atoms with Gasteiger partial charge in [0, 0.05) is 6.54 Å². The first-order valence-corrected chi connectivity index (χ1v) is 5.31. The minimum Gasteiger partial charge on any atom is -0.480 e. The van der Waals surface area contributed by atoms with Crippen LogP contribution in [0.3, 0.4) is 0 Å². The summed E-state index contributed by atoms with van der Waals surface area (Å²) >= 11 is 0. The van der Waals surface area contributed by atoms with E-state index < -0.39 is 12.0 Å². The Hall–Kier alpha value is -0.650. The second kappa shape index (κ2) is 4.92. The molecule has 5 nitrogen and oxygen atoms in total. The summed E-state index contributed by atoms with van der Waals surface area (Å²) in [5, 5.41) is 10.3. The predicted octanol–water partition coefficient (Wildman–Crippen LogP) is 1.59. The lowest BCUT2D eigenvalue weighted by molar-refractivity contribution is -0.465. The summed E-state index contributed by atoms with van der Waals surface area (Å²) < 4.78 is 0.